The standard InChI is InChI=1S/C14H17N3O4S/c18-13-8-10(9-17(13)11-6-7-11)14(19)15-16-22(20,21)12-4-2-1-3-5-12/h1-5,10-11,16H,6-9H2,(H,15,19)/t10-/m1/s1. The number of hydrogen-bond acceptors (Lipinski definition) is 4. The summed E-state index contributed by atoms with van der Waals surface area (Å²) in [4.78, 5) is 27.7. The van der Waals surface area contributed by atoms with E-state index in [1.54, 1.807) is 23.1 Å². The molecule has 2 amide bonds. The Morgan fingerprint density at radius 1 is 1.18 bits per heavy atom. The number of carbonyl (C=O) groups is 2. The van der Waals surface area contributed by atoms with Gasteiger partial charge in [0.2, 0.25) is 11.8 Å². The molecule has 1 heterocycles. The van der Waals surface area contributed by atoms with Gasteiger partial charge in [0, 0.05) is 19.0 Å². The van der Waals surface area contributed by atoms with Crippen LogP contribution in [0.5, 0.6) is 0 Å². The summed E-state index contributed by atoms with van der Waals surface area (Å²) in [6.45, 7) is 0.363. The highest BCUT2D eigenvalue weighted by atomic mass is 32.2. The van der Waals surface area contributed by atoms with Crippen LogP contribution in [-0.2, 0) is 19.6 Å². The molecular formula is C14H17N3O4S. The predicted molar refractivity (Wildman–Crippen MR) is 77.7 cm³/mol. The van der Waals surface area contributed by atoms with Crippen LogP contribution in [0.2, 0.25) is 0 Å². The van der Waals surface area contributed by atoms with Crippen LogP contribution in [0.4, 0.5) is 0 Å². The summed E-state index contributed by atoms with van der Waals surface area (Å²) in [5.74, 6) is -1.02. The first kappa shape index (κ1) is 15.0. The Hall–Kier alpha value is -1.93. The van der Waals surface area contributed by atoms with Crippen molar-refractivity contribution in [2.45, 2.75) is 30.2 Å². The lowest BCUT2D eigenvalue weighted by Gasteiger charge is -2.15. The first-order valence-electron chi connectivity index (χ1n) is 7.13. The Morgan fingerprint density at radius 3 is 2.50 bits per heavy atom. The van der Waals surface area contributed by atoms with Gasteiger partial charge in [0.05, 0.1) is 10.8 Å². The molecule has 2 fully saturated rings. The lowest BCUT2D eigenvalue weighted by molar-refractivity contribution is -0.129. The zero-order valence-corrected chi connectivity index (χ0v) is 12.7. The molecule has 7 nitrogen and oxygen atoms in total. The number of benzene rings is 1. The number of amides is 2. The molecule has 1 aliphatic carbocycles. The quantitative estimate of drug-likeness (QED) is 0.746. The van der Waals surface area contributed by atoms with Gasteiger partial charge in [-0.25, -0.2) is 8.42 Å². The molecule has 1 aliphatic heterocycles. The highest BCUT2D eigenvalue weighted by Gasteiger charge is 2.41. The molecule has 22 heavy (non-hydrogen) atoms. The summed E-state index contributed by atoms with van der Waals surface area (Å²) >= 11 is 0. The highest BCUT2D eigenvalue weighted by Crippen LogP contribution is 2.32. The Labute approximate surface area is 128 Å². The van der Waals surface area contributed by atoms with Crippen LogP contribution < -0.4 is 10.3 Å². The van der Waals surface area contributed by atoms with Crippen molar-refractivity contribution >= 4 is 21.8 Å². The zero-order chi connectivity index (χ0) is 15.7. The summed E-state index contributed by atoms with van der Waals surface area (Å²) in [7, 11) is -3.80. The van der Waals surface area contributed by atoms with Gasteiger partial charge >= 0.3 is 0 Å². The molecule has 1 atom stereocenters. The number of sulfonamides is 1. The Bertz CT molecular complexity index is 685. The fraction of sp³-hybridized carbons (Fsp3) is 0.429. The minimum absolute atomic E-state index is 0.0337. The molecule has 0 unspecified atom stereocenters. The molecule has 1 saturated heterocycles. The summed E-state index contributed by atoms with van der Waals surface area (Å²) in [5.41, 5.74) is 2.21. The third-order valence-corrected chi connectivity index (χ3v) is 5.14. The van der Waals surface area contributed by atoms with E-state index in [1.807, 2.05) is 0 Å². The third-order valence-electron chi connectivity index (χ3n) is 3.88. The minimum atomic E-state index is -3.80. The van der Waals surface area contributed by atoms with Gasteiger partial charge in [-0.1, -0.05) is 18.2 Å². The monoisotopic (exact) mass is 323 g/mol. The molecule has 0 bridgehead atoms. The van der Waals surface area contributed by atoms with E-state index in [0.29, 0.717) is 6.54 Å². The van der Waals surface area contributed by atoms with E-state index < -0.39 is 21.8 Å². The molecule has 118 valence electrons. The number of carbonyl (C=O) groups excluding carboxylic acids is 2. The number of hydrogen-bond donors (Lipinski definition) is 2. The number of hydrazine groups is 1. The van der Waals surface area contributed by atoms with Crippen molar-refractivity contribution in [3.63, 3.8) is 0 Å². The molecule has 3 rings (SSSR count). The first-order chi connectivity index (χ1) is 10.5. The molecule has 2 aliphatic rings. The Kier molecular flexibility index (Phi) is 3.88. The smallest absolute Gasteiger partial charge is 0.257 e. The van der Waals surface area contributed by atoms with Crippen LogP contribution in [0.15, 0.2) is 35.2 Å². The van der Waals surface area contributed by atoms with Crippen molar-refractivity contribution in [2.24, 2.45) is 5.92 Å². The Balaban J connectivity index is 1.57. The number of likely N-dealkylation sites (tertiary alicyclic amines) is 1. The molecule has 0 aromatic heterocycles. The van der Waals surface area contributed by atoms with Crippen LogP contribution >= 0.6 is 0 Å². The van der Waals surface area contributed by atoms with E-state index in [1.165, 1.54) is 12.1 Å². The number of nitrogens with zero attached hydrogens (tertiary/aromatic N) is 1. The maximum atomic E-state index is 12.0. The molecule has 1 aromatic rings. The van der Waals surface area contributed by atoms with Crippen LogP contribution in [0.25, 0.3) is 0 Å². The second-order valence-electron chi connectivity index (χ2n) is 5.59. The van der Waals surface area contributed by atoms with Crippen molar-refractivity contribution in [3.05, 3.63) is 30.3 Å². The summed E-state index contributed by atoms with van der Waals surface area (Å²) < 4.78 is 24.0. The van der Waals surface area contributed by atoms with Gasteiger partial charge < -0.3 is 4.90 Å². The van der Waals surface area contributed by atoms with E-state index in [2.05, 4.69) is 10.3 Å². The SMILES string of the molecule is O=C(NNS(=O)(=O)c1ccccc1)[C@@H]1CC(=O)N(C2CC2)C1. The predicted octanol–water partition coefficient (Wildman–Crippen LogP) is 0.00700. The average molecular weight is 323 g/mol. The largest absolute Gasteiger partial charge is 0.339 e. The molecule has 1 saturated carbocycles. The van der Waals surface area contributed by atoms with Gasteiger partial charge in [0.1, 0.15) is 0 Å². The van der Waals surface area contributed by atoms with Crippen molar-refractivity contribution < 1.29 is 18.0 Å². The van der Waals surface area contributed by atoms with Crippen molar-refractivity contribution in [1.82, 2.24) is 15.2 Å². The molecule has 0 spiro atoms. The second-order valence-corrected chi connectivity index (χ2v) is 7.27. The number of nitrogens with one attached hydrogen (secondary N) is 2. The lowest BCUT2D eigenvalue weighted by atomic mass is 10.1. The maximum Gasteiger partial charge on any atom is 0.257 e. The van der Waals surface area contributed by atoms with Gasteiger partial charge in [0.25, 0.3) is 10.0 Å². The van der Waals surface area contributed by atoms with E-state index in [0.717, 1.165) is 12.8 Å². The number of rotatable bonds is 5. The van der Waals surface area contributed by atoms with Crippen LogP contribution in [0.3, 0.4) is 0 Å². The summed E-state index contributed by atoms with van der Waals surface area (Å²) in [6.07, 6.45) is 2.11. The van der Waals surface area contributed by atoms with Gasteiger partial charge in [-0.15, -0.1) is 4.83 Å². The van der Waals surface area contributed by atoms with E-state index >= 15 is 0 Å². The summed E-state index contributed by atoms with van der Waals surface area (Å²) in [6, 6.07) is 8.03. The maximum absolute atomic E-state index is 12.0. The lowest BCUT2D eigenvalue weighted by Crippen LogP contribution is -2.45. The van der Waals surface area contributed by atoms with Crippen molar-refractivity contribution in [2.75, 3.05) is 6.54 Å². The normalized spacial score (nSPS) is 21.9. The van der Waals surface area contributed by atoms with Gasteiger partial charge in [-0.2, -0.15) is 0 Å². The van der Waals surface area contributed by atoms with E-state index in [9.17, 15) is 18.0 Å². The molecule has 2 N–H and O–H groups in total. The molecule has 0 radical (unpaired) electrons. The zero-order valence-electron chi connectivity index (χ0n) is 11.9. The second kappa shape index (κ2) is 5.69. The third kappa shape index (κ3) is 3.12. The highest BCUT2D eigenvalue weighted by molar-refractivity contribution is 7.89. The van der Waals surface area contributed by atoms with Gasteiger partial charge in [-0.3, -0.25) is 15.0 Å². The minimum Gasteiger partial charge on any atom is -0.339 e. The first-order valence-corrected chi connectivity index (χ1v) is 8.62. The van der Waals surface area contributed by atoms with Crippen molar-refractivity contribution in [1.29, 1.82) is 0 Å². The topological polar surface area (TPSA) is 95.6 Å². The van der Waals surface area contributed by atoms with Crippen LogP contribution in [0, 0.1) is 5.92 Å². The van der Waals surface area contributed by atoms with E-state index in [-0.39, 0.29) is 23.3 Å². The van der Waals surface area contributed by atoms with Crippen molar-refractivity contribution in [3.8, 4) is 0 Å². The van der Waals surface area contributed by atoms with E-state index in [4.69, 9.17) is 0 Å². The Morgan fingerprint density at radius 2 is 1.86 bits per heavy atom. The van der Waals surface area contributed by atoms with Crippen LogP contribution in [-0.4, -0.2) is 37.7 Å². The van der Waals surface area contributed by atoms with Crippen LogP contribution in [0.1, 0.15) is 19.3 Å². The molecule has 8 heteroatoms. The summed E-state index contributed by atoms with van der Waals surface area (Å²) in [5, 5.41) is 0. The average Bonchev–Trinajstić information content (AvgIpc) is 3.28. The molecule has 1 aromatic carbocycles. The fourth-order valence-electron chi connectivity index (χ4n) is 2.52. The fourth-order valence-corrected chi connectivity index (χ4v) is 3.39. The molecular weight excluding hydrogens is 306 g/mol. The van der Waals surface area contributed by atoms with Gasteiger partial charge in [0.15, 0.2) is 0 Å². The van der Waals surface area contributed by atoms with Gasteiger partial charge in [-0.05, 0) is 25.0 Å².